The summed E-state index contributed by atoms with van der Waals surface area (Å²) >= 11 is 0. The number of hydrogen-bond donors (Lipinski definition) is 2. The second-order valence-electron chi connectivity index (χ2n) is 5.52. The lowest BCUT2D eigenvalue weighted by Gasteiger charge is -2.18. The molecule has 22 heavy (non-hydrogen) atoms. The normalized spacial score (nSPS) is 11.9. The van der Waals surface area contributed by atoms with Crippen LogP contribution in [0.4, 0.5) is 5.69 Å². The molecule has 0 aliphatic carbocycles. The third-order valence-electron chi connectivity index (χ3n) is 3.79. The Morgan fingerprint density at radius 2 is 1.77 bits per heavy atom. The van der Waals surface area contributed by atoms with Crippen molar-refractivity contribution in [1.29, 1.82) is 0 Å². The summed E-state index contributed by atoms with van der Waals surface area (Å²) in [7, 11) is 0. The predicted molar refractivity (Wildman–Crippen MR) is 91.4 cm³/mol. The van der Waals surface area contributed by atoms with Gasteiger partial charge < -0.3 is 11.1 Å². The number of para-hydroxylation sites is 1. The molecule has 3 N–H and O–H groups in total. The van der Waals surface area contributed by atoms with Gasteiger partial charge in [0.25, 0.3) is 0 Å². The summed E-state index contributed by atoms with van der Waals surface area (Å²) in [6.45, 7) is 2.13. The largest absolute Gasteiger partial charge is 0.399 e. The Hall–Kier alpha value is -2.29. The fourth-order valence-electron chi connectivity index (χ4n) is 2.57. The standard InChI is InChI=1S/C19H24N2O/c1-2-8-18(16-10-4-3-5-11-16)21-19(22)14-13-15-9-6-7-12-17(15)20/h3-7,9-12,18H,2,8,13-14,20H2,1H3,(H,21,22). The van der Waals surface area contributed by atoms with E-state index in [1.54, 1.807) is 0 Å². The van der Waals surface area contributed by atoms with Gasteiger partial charge in [-0.3, -0.25) is 4.79 Å². The topological polar surface area (TPSA) is 55.1 Å². The molecule has 0 fully saturated rings. The van der Waals surface area contributed by atoms with Gasteiger partial charge in [0.15, 0.2) is 0 Å². The number of aryl methyl sites for hydroxylation is 1. The van der Waals surface area contributed by atoms with Gasteiger partial charge in [-0.05, 0) is 30.0 Å². The number of amides is 1. The molecule has 0 bridgehead atoms. The molecule has 0 aliphatic rings. The maximum atomic E-state index is 12.2. The van der Waals surface area contributed by atoms with Gasteiger partial charge in [0.2, 0.25) is 5.91 Å². The van der Waals surface area contributed by atoms with Crippen molar-refractivity contribution in [3.8, 4) is 0 Å². The number of nitrogen functional groups attached to an aromatic ring is 1. The average Bonchev–Trinajstić information content (AvgIpc) is 2.54. The Labute approximate surface area is 132 Å². The second kappa shape index (κ2) is 8.23. The van der Waals surface area contributed by atoms with Crippen LogP contribution in [0.25, 0.3) is 0 Å². The smallest absolute Gasteiger partial charge is 0.220 e. The minimum absolute atomic E-state index is 0.0746. The van der Waals surface area contributed by atoms with Gasteiger partial charge in [-0.1, -0.05) is 61.9 Å². The molecular weight excluding hydrogens is 272 g/mol. The molecule has 1 amide bonds. The van der Waals surface area contributed by atoms with Crippen molar-refractivity contribution >= 4 is 11.6 Å². The fraction of sp³-hybridized carbons (Fsp3) is 0.316. The molecule has 0 saturated heterocycles. The molecule has 0 radical (unpaired) electrons. The van der Waals surface area contributed by atoms with Crippen LogP contribution in [0, 0.1) is 0 Å². The molecule has 116 valence electrons. The highest BCUT2D eigenvalue weighted by Gasteiger charge is 2.13. The van der Waals surface area contributed by atoms with Gasteiger partial charge in [-0.25, -0.2) is 0 Å². The van der Waals surface area contributed by atoms with Crippen molar-refractivity contribution < 1.29 is 4.79 Å². The van der Waals surface area contributed by atoms with E-state index >= 15 is 0 Å². The van der Waals surface area contributed by atoms with Crippen molar-refractivity contribution in [3.05, 3.63) is 65.7 Å². The van der Waals surface area contributed by atoms with E-state index in [1.807, 2.05) is 42.5 Å². The highest BCUT2D eigenvalue weighted by Crippen LogP contribution is 2.19. The van der Waals surface area contributed by atoms with Crippen LogP contribution in [0.2, 0.25) is 0 Å². The molecule has 0 aliphatic heterocycles. The molecule has 3 heteroatoms. The van der Waals surface area contributed by atoms with E-state index in [4.69, 9.17) is 5.73 Å². The maximum absolute atomic E-state index is 12.2. The van der Waals surface area contributed by atoms with Crippen LogP contribution in [0.5, 0.6) is 0 Å². The number of nitrogens with one attached hydrogen (secondary N) is 1. The molecule has 2 aromatic carbocycles. The van der Waals surface area contributed by atoms with E-state index in [9.17, 15) is 4.79 Å². The van der Waals surface area contributed by atoms with E-state index < -0.39 is 0 Å². The number of carbonyl (C=O) groups is 1. The minimum atomic E-state index is 0.0746. The number of nitrogens with two attached hydrogens (primary N) is 1. The maximum Gasteiger partial charge on any atom is 0.220 e. The van der Waals surface area contributed by atoms with Gasteiger partial charge in [0.05, 0.1) is 6.04 Å². The summed E-state index contributed by atoms with van der Waals surface area (Å²) in [6, 6.07) is 17.9. The fourth-order valence-corrected chi connectivity index (χ4v) is 2.57. The zero-order valence-corrected chi connectivity index (χ0v) is 13.1. The second-order valence-corrected chi connectivity index (χ2v) is 5.52. The van der Waals surface area contributed by atoms with Crippen LogP contribution < -0.4 is 11.1 Å². The first kappa shape index (κ1) is 16.1. The molecule has 1 unspecified atom stereocenters. The van der Waals surface area contributed by atoms with Crippen molar-refractivity contribution in [1.82, 2.24) is 5.32 Å². The van der Waals surface area contributed by atoms with Gasteiger partial charge in [0, 0.05) is 12.1 Å². The monoisotopic (exact) mass is 296 g/mol. The molecule has 0 heterocycles. The number of anilines is 1. The summed E-state index contributed by atoms with van der Waals surface area (Å²) in [5, 5.41) is 3.14. The number of benzene rings is 2. The highest BCUT2D eigenvalue weighted by atomic mass is 16.1. The average molecular weight is 296 g/mol. The third kappa shape index (κ3) is 4.62. The summed E-state index contributed by atoms with van der Waals surface area (Å²) in [5.74, 6) is 0.0746. The van der Waals surface area contributed by atoms with Crippen LogP contribution in [0.15, 0.2) is 54.6 Å². The zero-order chi connectivity index (χ0) is 15.8. The first-order chi connectivity index (χ1) is 10.7. The third-order valence-corrected chi connectivity index (χ3v) is 3.79. The summed E-state index contributed by atoms with van der Waals surface area (Å²) < 4.78 is 0. The van der Waals surface area contributed by atoms with Crippen LogP contribution in [0.3, 0.4) is 0 Å². The Morgan fingerprint density at radius 3 is 2.45 bits per heavy atom. The van der Waals surface area contributed by atoms with Crippen LogP contribution in [-0.2, 0) is 11.2 Å². The van der Waals surface area contributed by atoms with Crippen LogP contribution in [-0.4, -0.2) is 5.91 Å². The van der Waals surface area contributed by atoms with Gasteiger partial charge in [0.1, 0.15) is 0 Å². The van der Waals surface area contributed by atoms with E-state index in [0.717, 1.165) is 29.7 Å². The molecule has 1 atom stereocenters. The molecule has 3 nitrogen and oxygen atoms in total. The lowest BCUT2D eigenvalue weighted by molar-refractivity contribution is -0.121. The Morgan fingerprint density at radius 1 is 1.09 bits per heavy atom. The van der Waals surface area contributed by atoms with E-state index in [-0.39, 0.29) is 11.9 Å². The van der Waals surface area contributed by atoms with E-state index in [1.165, 1.54) is 0 Å². The molecule has 0 spiro atoms. The first-order valence-electron chi connectivity index (χ1n) is 7.88. The minimum Gasteiger partial charge on any atom is -0.399 e. The lowest BCUT2D eigenvalue weighted by atomic mass is 10.0. The Kier molecular flexibility index (Phi) is 6.01. The van der Waals surface area contributed by atoms with Crippen molar-refractivity contribution in [2.24, 2.45) is 0 Å². The van der Waals surface area contributed by atoms with Crippen molar-refractivity contribution in [3.63, 3.8) is 0 Å². The first-order valence-corrected chi connectivity index (χ1v) is 7.88. The predicted octanol–water partition coefficient (Wildman–Crippen LogP) is 3.86. The molecule has 2 aromatic rings. The van der Waals surface area contributed by atoms with Gasteiger partial charge >= 0.3 is 0 Å². The quantitative estimate of drug-likeness (QED) is 0.762. The van der Waals surface area contributed by atoms with Crippen LogP contribution >= 0.6 is 0 Å². The van der Waals surface area contributed by atoms with Gasteiger partial charge in [-0.15, -0.1) is 0 Å². The molecule has 2 rings (SSSR count). The molecular formula is C19H24N2O. The number of carbonyl (C=O) groups excluding carboxylic acids is 1. The van der Waals surface area contributed by atoms with Gasteiger partial charge in [-0.2, -0.15) is 0 Å². The summed E-state index contributed by atoms with van der Waals surface area (Å²) in [6.07, 6.45) is 3.11. The molecule has 0 saturated carbocycles. The molecule has 0 aromatic heterocycles. The van der Waals surface area contributed by atoms with E-state index in [0.29, 0.717) is 12.8 Å². The van der Waals surface area contributed by atoms with E-state index in [2.05, 4.69) is 24.4 Å². The SMILES string of the molecule is CCCC(NC(=O)CCc1ccccc1N)c1ccccc1. The number of rotatable bonds is 7. The number of hydrogen-bond acceptors (Lipinski definition) is 2. The van der Waals surface area contributed by atoms with Crippen LogP contribution in [0.1, 0.15) is 43.4 Å². The van der Waals surface area contributed by atoms with Crippen molar-refractivity contribution in [2.75, 3.05) is 5.73 Å². The zero-order valence-electron chi connectivity index (χ0n) is 13.1. The Bertz CT molecular complexity index is 595. The Balaban J connectivity index is 1.93. The highest BCUT2D eigenvalue weighted by molar-refractivity contribution is 5.77. The summed E-state index contributed by atoms with van der Waals surface area (Å²) in [5.41, 5.74) is 8.86. The summed E-state index contributed by atoms with van der Waals surface area (Å²) in [4.78, 5) is 12.2. The van der Waals surface area contributed by atoms with Crippen molar-refractivity contribution in [2.45, 2.75) is 38.6 Å². The lowest BCUT2D eigenvalue weighted by Crippen LogP contribution is -2.28.